The van der Waals surface area contributed by atoms with E-state index in [1.54, 1.807) is 6.26 Å². The zero-order valence-corrected chi connectivity index (χ0v) is 12.5. The molecule has 4 rings (SSSR count). The van der Waals surface area contributed by atoms with Crippen LogP contribution in [-0.4, -0.2) is 14.9 Å². The van der Waals surface area contributed by atoms with Crippen LogP contribution < -0.4 is 0 Å². The van der Waals surface area contributed by atoms with Crippen LogP contribution in [0.4, 0.5) is 0 Å². The summed E-state index contributed by atoms with van der Waals surface area (Å²) in [4.78, 5) is 0. The topological polar surface area (TPSA) is 51.2 Å². The molecule has 0 aliphatic carbocycles. The molecule has 4 heteroatoms. The molecule has 0 aliphatic heterocycles. The van der Waals surface area contributed by atoms with Gasteiger partial charge < -0.3 is 9.52 Å². The molecule has 23 heavy (non-hydrogen) atoms. The lowest BCUT2D eigenvalue weighted by Gasteiger charge is -2.05. The second-order valence-electron chi connectivity index (χ2n) is 5.43. The normalized spacial score (nSPS) is 11.2. The lowest BCUT2D eigenvalue weighted by Crippen LogP contribution is -2.02. The third-order valence-corrected chi connectivity index (χ3v) is 3.96. The van der Waals surface area contributed by atoms with Gasteiger partial charge in [0, 0.05) is 10.9 Å². The third-order valence-electron chi connectivity index (χ3n) is 3.96. The maximum atomic E-state index is 9.73. The molecule has 4 nitrogen and oxygen atoms in total. The van der Waals surface area contributed by atoms with Crippen LogP contribution in [0.1, 0.15) is 11.3 Å². The summed E-state index contributed by atoms with van der Waals surface area (Å²) in [5.41, 5.74) is 3.79. The van der Waals surface area contributed by atoms with Gasteiger partial charge in [0.25, 0.3) is 0 Å². The SMILES string of the molecule is OCc1nn(Cc2ccccc2)c2cccc(-c3ccco3)c12. The number of rotatable bonds is 4. The summed E-state index contributed by atoms with van der Waals surface area (Å²) >= 11 is 0. The highest BCUT2D eigenvalue weighted by Crippen LogP contribution is 2.31. The van der Waals surface area contributed by atoms with Crippen LogP contribution in [0.2, 0.25) is 0 Å². The van der Waals surface area contributed by atoms with E-state index in [1.165, 1.54) is 5.56 Å². The molecule has 0 saturated heterocycles. The Balaban J connectivity index is 1.89. The van der Waals surface area contributed by atoms with E-state index in [4.69, 9.17) is 4.42 Å². The van der Waals surface area contributed by atoms with Crippen LogP contribution >= 0.6 is 0 Å². The molecule has 0 saturated carbocycles. The van der Waals surface area contributed by atoms with Crippen molar-refractivity contribution < 1.29 is 9.52 Å². The third kappa shape index (κ3) is 2.43. The number of hydrogen-bond donors (Lipinski definition) is 1. The first-order chi connectivity index (χ1) is 11.4. The number of aliphatic hydroxyl groups is 1. The minimum absolute atomic E-state index is 0.101. The van der Waals surface area contributed by atoms with E-state index in [-0.39, 0.29) is 6.61 Å². The number of benzene rings is 2. The largest absolute Gasteiger partial charge is 0.464 e. The predicted molar refractivity (Wildman–Crippen MR) is 88.9 cm³/mol. The van der Waals surface area contributed by atoms with Crippen molar-refractivity contribution in [1.29, 1.82) is 0 Å². The first kappa shape index (κ1) is 13.8. The van der Waals surface area contributed by atoms with Crippen molar-refractivity contribution in [1.82, 2.24) is 9.78 Å². The van der Waals surface area contributed by atoms with Crippen LogP contribution in [0.25, 0.3) is 22.2 Å². The Morgan fingerprint density at radius 1 is 0.957 bits per heavy atom. The van der Waals surface area contributed by atoms with Gasteiger partial charge in [0.05, 0.1) is 30.6 Å². The van der Waals surface area contributed by atoms with Gasteiger partial charge in [-0.3, -0.25) is 4.68 Å². The van der Waals surface area contributed by atoms with Gasteiger partial charge in [-0.15, -0.1) is 0 Å². The van der Waals surface area contributed by atoms with Gasteiger partial charge in [0.2, 0.25) is 0 Å². The maximum absolute atomic E-state index is 9.73. The Kier molecular flexibility index (Phi) is 3.44. The second-order valence-corrected chi connectivity index (χ2v) is 5.43. The first-order valence-corrected chi connectivity index (χ1v) is 7.54. The highest BCUT2D eigenvalue weighted by Gasteiger charge is 2.16. The molecule has 4 aromatic rings. The first-order valence-electron chi connectivity index (χ1n) is 7.54. The Labute approximate surface area is 133 Å². The number of nitrogens with zero attached hydrogens (tertiary/aromatic N) is 2. The van der Waals surface area contributed by atoms with E-state index in [0.29, 0.717) is 12.2 Å². The van der Waals surface area contributed by atoms with E-state index in [2.05, 4.69) is 17.2 Å². The van der Waals surface area contributed by atoms with Crippen molar-refractivity contribution in [2.45, 2.75) is 13.2 Å². The van der Waals surface area contributed by atoms with Gasteiger partial charge in [0.15, 0.2) is 0 Å². The second kappa shape index (κ2) is 5.74. The van der Waals surface area contributed by atoms with Crippen molar-refractivity contribution in [2.75, 3.05) is 0 Å². The minimum Gasteiger partial charge on any atom is -0.464 e. The summed E-state index contributed by atoms with van der Waals surface area (Å²) in [7, 11) is 0. The summed E-state index contributed by atoms with van der Waals surface area (Å²) in [6.45, 7) is 0.564. The predicted octanol–water partition coefficient (Wildman–Crippen LogP) is 3.84. The van der Waals surface area contributed by atoms with Crippen LogP contribution in [-0.2, 0) is 13.2 Å². The van der Waals surface area contributed by atoms with E-state index >= 15 is 0 Å². The lowest BCUT2D eigenvalue weighted by atomic mass is 10.1. The fourth-order valence-electron chi connectivity index (χ4n) is 2.93. The fourth-order valence-corrected chi connectivity index (χ4v) is 2.93. The molecule has 0 radical (unpaired) electrons. The number of hydrogen-bond acceptors (Lipinski definition) is 3. The monoisotopic (exact) mass is 304 g/mol. The van der Waals surface area contributed by atoms with Gasteiger partial charge in [-0.2, -0.15) is 5.10 Å². The summed E-state index contributed by atoms with van der Waals surface area (Å²) in [6.07, 6.45) is 1.65. The number of furan rings is 1. The minimum atomic E-state index is -0.101. The van der Waals surface area contributed by atoms with E-state index in [1.807, 2.05) is 53.2 Å². The highest BCUT2D eigenvalue weighted by atomic mass is 16.3. The van der Waals surface area contributed by atoms with Gasteiger partial charge in [-0.05, 0) is 23.8 Å². The molecular weight excluding hydrogens is 288 g/mol. The van der Waals surface area contributed by atoms with Crippen molar-refractivity contribution in [3.8, 4) is 11.3 Å². The van der Waals surface area contributed by atoms with Crippen molar-refractivity contribution in [3.63, 3.8) is 0 Å². The summed E-state index contributed by atoms with van der Waals surface area (Å²) in [5.74, 6) is 0.782. The van der Waals surface area contributed by atoms with Crippen molar-refractivity contribution >= 4 is 10.9 Å². The lowest BCUT2D eigenvalue weighted by molar-refractivity contribution is 0.277. The zero-order chi connectivity index (χ0) is 15.6. The average molecular weight is 304 g/mol. The smallest absolute Gasteiger partial charge is 0.134 e. The highest BCUT2D eigenvalue weighted by molar-refractivity contribution is 5.95. The Morgan fingerprint density at radius 2 is 1.83 bits per heavy atom. The maximum Gasteiger partial charge on any atom is 0.134 e. The molecule has 0 fully saturated rings. The fraction of sp³-hybridized carbons (Fsp3) is 0.105. The molecule has 114 valence electrons. The number of aromatic nitrogens is 2. The van der Waals surface area contributed by atoms with Gasteiger partial charge in [0.1, 0.15) is 5.76 Å². The molecule has 0 atom stereocenters. The summed E-state index contributed by atoms with van der Waals surface area (Å²) < 4.78 is 7.47. The van der Waals surface area contributed by atoms with Gasteiger partial charge >= 0.3 is 0 Å². The van der Waals surface area contributed by atoms with E-state index < -0.39 is 0 Å². The van der Waals surface area contributed by atoms with Crippen molar-refractivity contribution in [2.24, 2.45) is 0 Å². The summed E-state index contributed by atoms with van der Waals surface area (Å²) in [5, 5.41) is 15.3. The van der Waals surface area contributed by atoms with Crippen LogP contribution in [0.15, 0.2) is 71.3 Å². The molecule has 0 aliphatic rings. The van der Waals surface area contributed by atoms with Crippen molar-refractivity contribution in [3.05, 3.63) is 78.2 Å². The molecule has 0 amide bonds. The Bertz CT molecular complexity index is 925. The molecule has 2 aromatic carbocycles. The van der Waals surface area contributed by atoms with Crippen LogP contribution in [0, 0.1) is 0 Å². The molecule has 0 spiro atoms. The molecule has 1 N–H and O–H groups in total. The average Bonchev–Trinajstić information content (AvgIpc) is 3.24. The molecule has 0 unspecified atom stereocenters. The standard InChI is InChI=1S/C19H16N2O2/c22-13-16-19-15(18-10-5-11-23-18)8-4-9-17(19)21(20-16)12-14-6-2-1-3-7-14/h1-11,22H,12-13H2. The summed E-state index contributed by atoms with van der Waals surface area (Å²) in [6, 6.07) is 20.0. The quantitative estimate of drug-likeness (QED) is 0.623. The van der Waals surface area contributed by atoms with Crippen LogP contribution in [0.3, 0.4) is 0 Å². The Morgan fingerprint density at radius 3 is 2.57 bits per heavy atom. The zero-order valence-electron chi connectivity index (χ0n) is 12.5. The van der Waals surface area contributed by atoms with Gasteiger partial charge in [-0.25, -0.2) is 0 Å². The number of fused-ring (bicyclic) bond motifs is 1. The van der Waals surface area contributed by atoms with Gasteiger partial charge in [-0.1, -0.05) is 42.5 Å². The molecule has 0 bridgehead atoms. The van der Waals surface area contributed by atoms with E-state index in [0.717, 1.165) is 22.2 Å². The molecule has 2 aromatic heterocycles. The molecule has 2 heterocycles. The Hall–Kier alpha value is -2.85. The van der Waals surface area contributed by atoms with E-state index in [9.17, 15) is 5.11 Å². The van der Waals surface area contributed by atoms with Crippen LogP contribution in [0.5, 0.6) is 0 Å². The number of aliphatic hydroxyl groups excluding tert-OH is 1. The molecular formula is C19H16N2O2.